The van der Waals surface area contributed by atoms with Crippen LogP contribution in [0.15, 0.2) is 243 Å². The highest BCUT2D eigenvalue weighted by Gasteiger charge is 2.19. The van der Waals surface area contributed by atoms with Crippen LogP contribution in [0.25, 0.3) is 127 Å². The second-order valence-corrected chi connectivity index (χ2v) is 17.7. The molecule has 0 N–H and O–H groups in total. The molecule has 0 spiro atoms. The topological polar surface area (TPSA) is 53.5 Å². The number of fused-ring (bicyclic) bond motifs is 9. The SMILES string of the molecule is c1ccc(-c2cc(-n3c4ccccc4c4cc(-c5ccc6c(c5)c5ccccc5n6-c5cncc(-c6ccc7c(c6)c6ncccc6n7-c6ccccc6)c5)ccc43)cc(-c3ccccc3)n2)cc1. The van der Waals surface area contributed by atoms with Crippen LogP contribution in [0.4, 0.5) is 0 Å². The first kappa shape index (κ1) is 38.8. The van der Waals surface area contributed by atoms with Crippen LogP contribution < -0.4 is 0 Å². The van der Waals surface area contributed by atoms with Crippen molar-refractivity contribution in [2.75, 3.05) is 0 Å². The molecule has 0 bridgehead atoms. The van der Waals surface area contributed by atoms with Crippen molar-refractivity contribution in [2.24, 2.45) is 0 Å². The van der Waals surface area contributed by atoms with E-state index in [2.05, 4.69) is 232 Å². The largest absolute Gasteiger partial charge is 0.309 e. The zero-order valence-electron chi connectivity index (χ0n) is 37.3. The van der Waals surface area contributed by atoms with Crippen molar-refractivity contribution in [3.63, 3.8) is 0 Å². The van der Waals surface area contributed by atoms with Crippen molar-refractivity contribution in [1.29, 1.82) is 0 Å². The number of hydrogen-bond donors (Lipinski definition) is 0. The van der Waals surface area contributed by atoms with E-state index in [0.717, 1.165) is 106 Å². The third-order valence-electron chi connectivity index (χ3n) is 13.7. The minimum Gasteiger partial charge on any atom is -0.309 e. The molecule has 0 saturated carbocycles. The van der Waals surface area contributed by atoms with Crippen LogP contribution >= 0.6 is 0 Å². The molecule has 0 aliphatic carbocycles. The molecule has 0 fully saturated rings. The number of aromatic nitrogens is 6. The van der Waals surface area contributed by atoms with E-state index in [4.69, 9.17) is 15.0 Å². The molecule has 0 aliphatic heterocycles. The lowest BCUT2D eigenvalue weighted by molar-refractivity contribution is 1.14. The summed E-state index contributed by atoms with van der Waals surface area (Å²) in [6.45, 7) is 0. The lowest BCUT2D eigenvalue weighted by Gasteiger charge is -2.13. The zero-order valence-corrected chi connectivity index (χ0v) is 37.3. The van der Waals surface area contributed by atoms with E-state index in [0.29, 0.717) is 0 Å². The molecule has 6 heteroatoms. The van der Waals surface area contributed by atoms with Gasteiger partial charge in [0.15, 0.2) is 0 Å². The number of nitrogens with zero attached hydrogens (tertiary/aromatic N) is 6. The Bertz CT molecular complexity index is 4240. The van der Waals surface area contributed by atoms with Crippen molar-refractivity contribution < 1.29 is 0 Å². The van der Waals surface area contributed by atoms with Crippen LogP contribution in [0.2, 0.25) is 0 Å². The van der Waals surface area contributed by atoms with Gasteiger partial charge < -0.3 is 13.7 Å². The average molecular weight is 881 g/mol. The fraction of sp³-hybridized carbons (Fsp3) is 0. The first-order chi connectivity index (χ1) is 34.2. The lowest BCUT2D eigenvalue weighted by Crippen LogP contribution is -1.98. The maximum atomic E-state index is 5.19. The Kier molecular flexibility index (Phi) is 8.79. The van der Waals surface area contributed by atoms with Crippen LogP contribution in [-0.2, 0) is 0 Å². The zero-order chi connectivity index (χ0) is 45.4. The summed E-state index contributed by atoms with van der Waals surface area (Å²) in [5, 5.41) is 5.90. The van der Waals surface area contributed by atoms with E-state index in [1.807, 2.05) is 24.7 Å². The minimum atomic E-state index is 0.937. The molecule has 8 aromatic carbocycles. The molecule has 0 unspecified atom stereocenters. The van der Waals surface area contributed by atoms with Gasteiger partial charge >= 0.3 is 0 Å². The highest BCUT2D eigenvalue weighted by Crippen LogP contribution is 2.40. The monoisotopic (exact) mass is 880 g/mol. The van der Waals surface area contributed by atoms with Crippen molar-refractivity contribution in [3.8, 4) is 61.8 Å². The molecule has 6 aromatic heterocycles. The Morgan fingerprint density at radius 3 is 1.35 bits per heavy atom. The Hall–Kier alpha value is -9.39. The number of hydrogen-bond acceptors (Lipinski definition) is 3. The summed E-state index contributed by atoms with van der Waals surface area (Å²) < 4.78 is 7.04. The molecule has 0 radical (unpaired) electrons. The van der Waals surface area contributed by atoms with E-state index >= 15 is 0 Å². The molecular formula is C63H40N6. The van der Waals surface area contributed by atoms with Crippen molar-refractivity contribution >= 4 is 65.5 Å². The Labute approximate surface area is 397 Å². The number of benzene rings is 8. The maximum Gasteiger partial charge on any atom is 0.0963 e. The van der Waals surface area contributed by atoms with Gasteiger partial charge in [-0.25, -0.2) is 4.98 Å². The first-order valence-electron chi connectivity index (χ1n) is 23.3. The Morgan fingerprint density at radius 2 is 0.739 bits per heavy atom. The summed E-state index contributed by atoms with van der Waals surface area (Å²) in [7, 11) is 0. The molecule has 14 aromatic rings. The predicted octanol–water partition coefficient (Wildman–Crippen LogP) is 15.8. The lowest BCUT2D eigenvalue weighted by atomic mass is 10.0. The highest BCUT2D eigenvalue weighted by atomic mass is 15.0. The van der Waals surface area contributed by atoms with E-state index in [9.17, 15) is 0 Å². The summed E-state index contributed by atoms with van der Waals surface area (Å²) in [6.07, 6.45) is 5.82. The van der Waals surface area contributed by atoms with Gasteiger partial charge in [-0.05, 0) is 108 Å². The summed E-state index contributed by atoms with van der Waals surface area (Å²) in [5.74, 6) is 0. The van der Waals surface area contributed by atoms with E-state index in [-0.39, 0.29) is 0 Å². The van der Waals surface area contributed by atoms with Crippen LogP contribution in [0.1, 0.15) is 0 Å². The van der Waals surface area contributed by atoms with Gasteiger partial charge in [0.2, 0.25) is 0 Å². The highest BCUT2D eigenvalue weighted by molar-refractivity contribution is 6.13. The predicted molar refractivity (Wildman–Crippen MR) is 285 cm³/mol. The van der Waals surface area contributed by atoms with E-state index in [1.54, 1.807) is 0 Å². The molecule has 0 amide bonds. The van der Waals surface area contributed by atoms with Crippen LogP contribution in [0.3, 0.4) is 0 Å². The quantitative estimate of drug-likeness (QED) is 0.160. The molecular weight excluding hydrogens is 841 g/mol. The average Bonchev–Trinajstić information content (AvgIpc) is 4.06. The van der Waals surface area contributed by atoms with Gasteiger partial charge in [0.05, 0.1) is 67.6 Å². The number of rotatable bonds is 7. The second kappa shape index (κ2) is 15.6. The van der Waals surface area contributed by atoms with Crippen molar-refractivity contribution in [2.45, 2.75) is 0 Å². The van der Waals surface area contributed by atoms with Gasteiger partial charge in [-0.3, -0.25) is 9.97 Å². The molecule has 14 rings (SSSR count). The standard InChI is InChI=1S/C63H40N6/c1-4-15-41(16-5-1)55-37-48(38-56(66-55)42-17-6-2-7-18-42)68-57-23-12-10-21-50(57)52-34-43(26-29-59(52)68)44-27-30-60-53(35-44)51-22-11-13-24-58(51)69(60)49-33-46(39-64-40-49)45-28-31-61-54(36-45)63-62(25-14-32-65-63)67(61)47-19-8-3-9-20-47/h1-40H. The third kappa shape index (κ3) is 6.30. The molecule has 322 valence electrons. The van der Waals surface area contributed by atoms with Gasteiger partial charge in [-0.15, -0.1) is 0 Å². The molecule has 6 heterocycles. The third-order valence-corrected chi connectivity index (χ3v) is 13.7. The van der Waals surface area contributed by atoms with Gasteiger partial charge in [0.25, 0.3) is 0 Å². The minimum absolute atomic E-state index is 0.937. The normalized spacial score (nSPS) is 11.8. The summed E-state index contributed by atoms with van der Waals surface area (Å²) >= 11 is 0. The molecule has 69 heavy (non-hydrogen) atoms. The Balaban J connectivity index is 0.881. The van der Waals surface area contributed by atoms with Crippen molar-refractivity contribution in [3.05, 3.63) is 243 Å². The molecule has 0 atom stereocenters. The molecule has 0 aliphatic rings. The maximum absolute atomic E-state index is 5.19. The van der Waals surface area contributed by atoms with E-state index in [1.165, 1.54) is 21.5 Å². The molecule has 0 saturated heterocycles. The second-order valence-electron chi connectivity index (χ2n) is 17.7. The number of para-hydroxylation sites is 3. The van der Waals surface area contributed by atoms with Crippen molar-refractivity contribution in [1.82, 2.24) is 28.7 Å². The fourth-order valence-corrected chi connectivity index (χ4v) is 10.6. The van der Waals surface area contributed by atoms with E-state index < -0.39 is 0 Å². The Morgan fingerprint density at radius 1 is 0.275 bits per heavy atom. The summed E-state index contributed by atoms with van der Waals surface area (Å²) in [4.78, 5) is 14.9. The van der Waals surface area contributed by atoms with Crippen LogP contribution in [0.5, 0.6) is 0 Å². The van der Waals surface area contributed by atoms with Gasteiger partial charge in [-0.2, -0.15) is 0 Å². The van der Waals surface area contributed by atoms with Crippen LogP contribution in [-0.4, -0.2) is 28.7 Å². The van der Waals surface area contributed by atoms with Crippen LogP contribution in [0, 0.1) is 0 Å². The molecule has 6 nitrogen and oxygen atoms in total. The smallest absolute Gasteiger partial charge is 0.0963 e. The van der Waals surface area contributed by atoms with Gasteiger partial charge in [0.1, 0.15) is 0 Å². The van der Waals surface area contributed by atoms with Gasteiger partial charge in [-0.1, -0.05) is 133 Å². The number of pyridine rings is 3. The summed E-state index contributed by atoms with van der Waals surface area (Å²) in [5.41, 5.74) is 19.4. The first-order valence-corrected chi connectivity index (χ1v) is 23.3. The summed E-state index contributed by atoms with van der Waals surface area (Å²) in [6, 6.07) is 80.2. The van der Waals surface area contributed by atoms with Gasteiger partial charge in [0, 0.05) is 61.7 Å². The fourth-order valence-electron chi connectivity index (χ4n) is 10.6.